The van der Waals surface area contributed by atoms with Crippen molar-refractivity contribution in [2.75, 3.05) is 37.8 Å². The summed E-state index contributed by atoms with van der Waals surface area (Å²) in [5.41, 5.74) is 5.63. The van der Waals surface area contributed by atoms with Gasteiger partial charge in [0.05, 0.1) is 0 Å². The van der Waals surface area contributed by atoms with Gasteiger partial charge in [0.15, 0.2) is 0 Å². The highest BCUT2D eigenvalue weighted by Gasteiger charge is 2.26. The van der Waals surface area contributed by atoms with Gasteiger partial charge in [-0.3, -0.25) is 0 Å². The van der Waals surface area contributed by atoms with Crippen molar-refractivity contribution in [3.8, 4) is 0 Å². The van der Waals surface area contributed by atoms with Crippen molar-refractivity contribution in [2.24, 2.45) is 0 Å². The lowest BCUT2D eigenvalue weighted by Gasteiger charge is -2.28. The summed E-state index contributed by atoms with van der Waals surface area (Å²) in [6.45, 7) is 2.02. The fraction of sp³-hybridized carbons (Fsp3) is 0.636. The molecule has 0 saturated carbocycles. The van der Waals surface area contributed by atoms with Crippen LogP contribution >= 0.6 is 11.6 Å². The summed E-state index contributed by atoms with van der Waals surface area (Å²) >= 11 is 5.91. The first-order valence-corrected chi connectivity index (χ1v) is 6.15. The van der Waals surface area contributed by atoms with Crippen molar-refractivity contribution in [1.29, 1.82) is 0 Å². The van der Waals surface area contributed by atoms with E-state index in [1.54, 1.807) is 6.07 Å². The number of halogens is 1. The molecule has 1 aliphatic rings. The Morgan fingerprint density at radius 2 is 2.29 bits per heavy atom. The number of nitrogens with zero attached hydrogens (tertiary/aromatic N) is 4. The van der Waals surface area contributed by atoms with Gasteiger partial charge in [-0.25, -0.2) is 4.98 Å². The second-order valence-corrected chi connectivity index (χ2v) is 5.05. The standard InChI is InChI=1S/C11H18ClN5/c1-16(2)7-8-4-3-5-17(8)10-6-9(12)14-11(13)15-10/h6,8H,3-5,7H2,1-2H3,(H2,13,14,15). The lowest BCUT2D eigenvalue weighted by atomic mass is 10.2. The topological polar surface area (TPSA) is 58.3 Å². The Balaban J connectivity index is 2.19. The second kappa shape index (κ2) is 5.06. The molecule has 5 nitrogen and oxygen atoms in total. The molecule has 1 aliphatic heterocycles. The minimum atomic E-state index is 0.239. The van der Waals surface area contributed by atoms with Crippen LogP contribution in [0.3, 0.4) is 0 Å². The number of aromatic nitrogens is 2. The van der Waals surface area contributed by atoms with E-state index in [1.165, 1.54) is 12.8 Å². The molecule has 1 atom stereocenters. The van der Waals surface area contributed by atoms with Gasteiger partial charge in [-0.1, -0.05) is 11.6 Å². The van der Waals surface area contributed by atoms with Crippen LogP contribution in [0.5, 0.6) is 0 Å². The van der Waals surface area contributed by atoms with Crippen LogP contribution in [-0.4, -0.2) is 48.1 Å². The van der Waals surface area contributed by atoms with Crippen LogP contribution in [0.25, 0.3) is 0 Å². The average molecular weight is 256 g/mol. The summed E-state index contributed by atoms with van der Waals surface area (Å²) in [6, 6.07) is 2.27. The van der Waals surface area contributed by atoms with Gasteiger partial charge in [-0.15, -0.1) is 0 Å². The normalized spacial score (nSPS) is 20.2. The molecule has 1 saturated heterocycles. The minimum Gasteiger partial charge on any atom is -0.368 e. The zero-order valence-electron chi connectivity index (χ0n) is 10.2. The Morgan fingerprint density at radius 3 is 2.94 bits per heavy atom. The van der Waals surface area contributed by atoms with Crippen molar-refractivity contribution in [3.63, 3.8) is 0 Å². The third kappa shape index (κ3) is 2.98. The van der Waals surface area contributed by atoms with Gasteiger partial charge < -0.3 is 15.5 Å². The van der Waals surface area contributed by atoms with Crippen LogP contribution in [0.2, 0.25) is 5.15 Å². The molecule has 0 aromatic carbocycles. The molecule has 1 aromatic rings. The third-order valence-electron chi connectivity index (χ3n) is 2.95. The summed E-state index contributed by atoms with van der Waals surface area (Å²) in [5.74, 6) is 1.08. The first kappa shape index (κ1) is 12.4. The number of hydrogen-bond donors (Lipinski definition) is 1. The number of anilines is 2. The number of nitrogens with two attached hydrogens (primary N) is 1. The van der Waals surface area contributed by atoms with Gasteiger partial charge in [0.25, 0.3) is 0 Å². The van der Waals surface area contributed by atoms with Crippen LogP contribution in [0.4, 0.5) is 11.8 Å². The van der Waals surface area contributed by atoms with E-state index in [0.717, 1.165) is 18.9 Å². The number of likely N-dealkylation sites (N-methyl/N-ethyl adjacent to an activating group) is 1. The molecule has 2 heterocycles. The third-order valence-corrected chi connectivity index (χ3v) is 3.14. The molecular weight excluding hydrogens is 238 g/mol. The van der Waals surface area contributed by atoms with Crippen LogP contribution < -0.4 is 10.6 Å². The van der Waals surface area contributed by atoms with Crippen molar-refractivity contribution in [2.45, 2.75) is 18.9 Å². The second-order valence-electron chi connectivity index (χ2n) is 4.66. The molecule has 0 spiro atoms. The Labute approximate surface area is 107 Å². The van der Waals surface area contributed by atoms with E-state index in [-0.39, 0.29) is 5.95 Å². The van der Waals surface area contributed by atoms with Gasteiger partial charge in [-0.2, -0.15) is 4.98 Å². The first-order valence-electron chi connectivity index (χ1n) is 5.77. The van der Waals surface area contributed by atoms with Gasteiger partial charge in [-0.05, 0) is 26.9 Å². The molecule has 2 rings (SSSR count). The highest BCUT2D eigenvalue weighted by molar-refractivity contribution is 6.29. The molecule has 94 valence electrons. The summed E-state index contributed by atoms with van der Waals surface area (Å²) in [7, 11) is 4.16. The maximum Gasteiger partial charge on any atom is 0.223 e. The SMILES string of the molecule is CN(C)CC1CCCN1c1cc(Cl)nc(N)n1. The monoisotopic (exact) mass is 255 g/mol. The maximum atomic E-state index is 5.91. The predicted octanol–water partition coefficient (Wildman–Crippen LogP) is 1.24. The Bertz CT molecular complexity index is 375. The summed E-state index contributed by atoms with van der Waals surface area (Å²) in [4.78, 5) is 12.6. The van der Waals surface area contributed by atoms with Gasteiger partial charge in [0, 0.05) is 25.2 Å². The molecule has 1 fully saturated rings. The van der Waals surface area contributed by atoms with Crippen LogP contribution in [0.1, 0.15) is 12.8 Å². The Hall–Kier alpha value is -1.07. The molecule has 1 aromatic heterocycles. The van der Waals surface area contributed by atoms with E-state index in [0.29, 0.717) is 11.2 Å². The number of hydrogen-bond acceptors (Lipinski definition) is 5. The van der Waals surface area contributed by atoms with Crippen LogP contribution in [-0.2, 0) is 0 Å². The molecule has 6 heteroatoms. The zero-order valence-corrected chi connectivity index (χ0v) is 11.0. The van der Waals surface area contributed by atoms with E-state index in [4.69, 9.17) is 17.3 Å². The Kier molecular flexibility index (Phi) is 3.69. The molecule has 0 aliphatic carbocycles. The lowest BCUT2D eigenvalue weighted by molar-refractivity contribution is 0.371. The molecular formula is C11H18ClN5. The fourth-order valence-corrected chi connectivity index (χ4v) is 2.50. The largest absolute Gasteiger partial charge is 0.368 e. The van der Waals surface area contributed by atoms with E-state index >= 15 is 0 Å². The van der Waals surface area contributed by atoms with E-state index in [9.17, 15) is 0 Å². The summed E-state index contributed by atoms with van der Waals surface area (Å²) in [6.07, 6.45) is 2.36. The number of nitrogen functional groups attached to an aromatic ring is 1. The highest BCUT2D eigenvalue weighted by Crippen LogP contribution is 2.26. The smallest absolute Gasteiger partial charge is 0.223 e. The molecule has 0 radical (unpaired) electrons. The predicted molar refractivity (Wildman–Crippen MR) is 70.4 cm³/mol. The molecule has 1 unspecified atom stereocenters. The van der Waals surface area contributed by atoms with Crippen LogP contribution in [0, 0.1) is 0 Å². The molecule has 17 heavy (non-hydrogen) atoms. The van der Waals surface area contributed by atoms with Crippen LogP contribution in [0.15, 0.2) is 6.07 Å². The average Bonchev–Trinajstić information content (AvgIpc) is 2.63. The quantitative estimate of drug-likeness (QED) is 0.824. The van der Waals surface area contributed by atoms with Crippen molar-refractivity contribution in [3.05, 3.63) is 11.2 Å². The van der Waals surface area contributed by atoms with Crippen molar-refractivity contribution < 1.29 is 0 Å². The highest BCUT2D eigenvalue weighted by atomic mass is 35.5. The zero-order chi connectivity index (χ0) is 12.4. The Morgan fingerprint density at radius 1 is 1.53 bits per heavy atom. The van der Waals surface area contributed by atoms with Gasteiger partial charge >= 0.3 is 0 Å². The fourth-order valence-electron chi connectivity index (χ4n) is 2.32. The number of rotatable bonds is 3. The summed E-state index contributed by atoms with van der Waals surface area (Å²) < 4.78 is 0. The van der Waals surface area contributed by atoms with E-state index < -0.39 is 0 Å². The van der Waals surface area contributed by atoms with E-state index in [1.807, 2.05) is 0 Å². The molecule has 2 N–H and O–H groups in total. The molecule has 0 bridgehead atoms. The van der Waals surface area contributed by atoms with Crippen molar-refractivity contribution in [1.82, 2.24) is 14.9 Å². The van der Waals surface area contributed by atoms with Crippen molar-refractivity contribution >= 4 is 23.4 Å². The molecule has 0 amide bonds. The van der Waals surface area contributed by atoms with E-state index in [2.05, 4.69) is 33.9 Å². The van der Waals surface area contributed by atoms with Gasteiger partial charge in [0.2, 0.25) is 5.95 Å². The first-order chi connectivity index (χ1) is 8.06. The minimum absolute atomic E-state index is 0.239. The maximum absolute atomic E-state index is 5.91. The summed E-state index contributed by atoms with van der Waals surface area (Å²) in [5, 5.41) is 0.406. The lowest BCUT2D eigenvalue weighted by Crippen LogP contribution is -2.38. The van der Waals surface area contributed by atoms with Gasteiger partial charge in [0.1, 0.15) is 11.0 Å².